The van der Waals surface area contributed by atoms with Crippen molar-refractivity contribution in [1.29, 1.82) is 0 Å². The fourth-order valence-corrected chi connectivity index (χ4v) is 15.3. The minimum Gasteiger partial charge on any atom is -1.00 e. The first-order chi connectivity index (χ1) is 19.5. The van der Waals surface area contributed by atoms with Crippen LogP contribution in [-0.4, -0.2) is 5.92 Å². The van der Waals surface area contributed by atoms with Crippen molar-refractivity contribution in [1.82, 2.24) is 0 Å². The van der Waals surface area contributed by atoms with Gasteiger partial charge in [-0.15, -0.1) is 0 Å². The normalized spacial score (nSPS) is 15.2. The molecular formula is C38H36Cl2SiZr. The topological polar surface area (TPSA) is 0 Å². The second kappa shape index (κ2) is 12.8. The van der Waals surface area contributed by atoms with E-state index in [1.54, 1.807) is 20.0 Å². The van der Waals surface area contributed by atoms with E-state index in [0.717, 1.165) is 6.42 Å². The number of rotatable bonds is 6. The maximum atomic E-state index is 2.60. The van der Waals surface area contributed by atoms with Gasteiger partial charge >= 0.3 is 253 Å². The molecule has 0 aromatic heterocycles. The Morgan fingerprint density at radius 3 is 2.31 bits per heavy atom. The summed E-state index contributed by atoms with van der Waals surface area (Å²) in [5.41, 5.74) is 15.1. The average molecular weight is 683 g/mol. The van der Waals surface area contributed by atoms with Gasteiger partial charge in [-0.05, 0) is 0 Å². The number of hydrogen-bond acceptors (Lipinski definition) is 0. The summed E-state index contributed by atoms with van der Waals surface area (Å²) in [6.45, 7) is 9.96. The van der Waals surface area contributed by atoms with Crippen LogP contribution in [0.5, 0.6) is 0 Å². The van der Waals surface area contributed by atoms with E-state index in [1.165, 1.54) is 56.1 Å². The largest absolute Gasteiger partial charge is 1.00 e. The van der Waals surface area contributed by atoms with E-state index in [1.807, 2.05) is 0 Å². The summed E-state index contributed by atoms with van der Waals surface area (Å²) >= 11 is -0.610. The maximum absolute atomic E-state index is 2.60. The van der Waals surface area contributed by atoms with Gasteiger partial charge in [0, 0.05) is 0 Å². The van der Waals surface area contributed by atoms with Gasteiger partial charge in [0.05, 0.1) is 0 Å². The van der Waals surface area contributed by atoms with Crippen molar-refractivity contribution in [3.63, 3.8) is 0 Å². The summed E-state index contributed by atoms with van der Waals surface area (Å²) in [5.74, 6) is 0.284. The van der Waals surface area contributed by atoms with Gasteiger partial charge in [0.2, 0.25) is 0 Å². The SMILES string of the molecule is CCC(C)C1=Cc2c(-c3ccc4ccccc4c3)cccc2C1c1[c]([Zr+2][SiH](C)C)ccc2c1Cc1ccccc1-2.[Cl-].[Cl-]. The van der Waals surface area contributed by atoms with E-state index in [0.29, 0.717) is 11.8 Å². The van der Waals surface area contributed by atoms with E-state index in [4.69, 9.17) is 0 Å². The number of halogens is 2. The van der Waals surface area contributed by atoms with Crippen molar-refractivity contribution in [2.75, 3.05) is 0 Å². The zero-order valence-corrected chi connectivity index (χ0v) is 29.8. The fraction of sp³-hybridized carbons (Fsp3) is 0.211. The Morgan fingerprint density at radius 1 is 0.786 bits per heavy atom. The molecule has 42 heavy (non-hydrogen) atoms. The molecule has 2 aliphatic rings. The van der Waals surface area contributed by atoms with E-state index >= 15 is 0 Å². The minimum atomic E-state index is -0.641. The standard InChI is InChI=1S/C36H29.C2H7Si.2ClH.Zr/c1-3-23(2)33-22-35-29(27-19-18-24-10-4-5-11-25(24)20-27)14-8-16-32(35)36(33)31-17-9-15-30-28-13-7-6-12-26(28)21-34(30)31;1-3-2;;;/h4-16,18-20,22-23,36H,3,21H2,1-2H3;3H,1-2H3;2*1H;/q;;;;+2/p-2. The number of benzene rings is 5. The van der Waals surface area contributed by atoms with Crippen LogP contribution in [0.1, 0.15) is 54.0 Å². The van der Waals surface area contributed by atoms with Gasteiger partial charge in [0.1, 0.15) is 0 Å². The van der Waals surface area contributed by atoms with Crippen molar-refractivity contribution in [3.05, 3.63) is 130 Å². The van der Waals surface area contributed by atoms with Crippen molar-refractivity contribution in [2.24, 2.45) is 5.92 Å². The molecule has 0 N–H and O–H groups in total. The van der Waals surface area contributed by atoms with Crippen LogP contribution in [0.4, 0.5) is 0 Å². The first-order valence-corrected chi connectivity index (χ1v) is 23.2. The van der Waals surface area contributed by atoms with Crippen LogP contribution in [-0.2, 0) is 28.8 Å². The molecule has 0 aliphatic heterocycles. The second-order valence-corrected chi connectivity index (χ2v) is 26.5. The van der Waals surface area contributed by atoms with Crippen LogP contribution in [0.25, 0.3) is 39.1 Å². The van der Waals surface area contributed by atoms with Gasteiger partial charge in [-0.25, -0.2) is 0 Å². The molecule has 2 atom stereocenters. The molecule has 5 aromatic rings. The third kappa shape index (κ3) is 5.35. The summed E-state index contributed by atoms with van der Waals surface area (Å²) in [6.07, 6.45) is 4.85. The predicted molar refractivity (Wildman–Crippen MR) is 172 cm³/mol. The molecule has 0 heterocycles. The Labute approximate surface area is 275 Å². The van der Waals surface area contributed by atoms with Crippen molar-refractivity contribution >= 4 is 26.0 Å². The average Bonchev–Trinajstić information content (AvgIpc) is 3.55. The van der Waals surface area contributed by atoms with Crippen LogP contribution in [0.2, 0.25) is 13.1 Å². The molecule has 0 fully saturated rings. The van der Waals surface area contributed by atoms with Gasteiger partial charge in [0.15, 0.2) is 0 Å². The Kier molecular flexibility index (Phi) is 9.51. The molecule has 5 aromatic carbocycles. The van der Waals surface area contributed by atoms with Crippen molar-refractivity contribution in [2.45, 2.75) is 45.7 Å². The molecule has 2 aliphatic carbocycles. The molecule has 0 nitrogen and oxygen atoms in total. The first-order valence-electron chi connectivity index (χ1n) is 14.9. The molecular weight excluding hydrogens is 647 g/mol. The van der Waals surface area contributed by atoms with E-state index < -0.39 is 28.3 Å². The summed E-state index contributed by atoms with van der Waals surface area (Å²) in [7, 11) is 0. The number of allylic oxidation sites excluding steroid dienone is 1. The van der Waals surface area contributed by atoms with Crippen molar-refractivity contribution in [3.8, 4) is 22.3 Å². The van der Waals surface area contributed by atoms with Crippen LogP contribution in [0.3, 0.4) is 0 Å². The zero-order valence-electron chi connectivity index (χ0n) is 24.7. The van der Waals surface area contributed by atoms with E-state index in [-0.39, 0.29) is 24.8 Å². The van der Waals surface area contributed by atoms with Crippen LogP contribution >= 0.6 is 0 Å². The Hall–Kier alpha value is -2.22. The van der Waals surface area contributed by atoms with Crippen LogP contribution in [0, 0.1) is 5.92 Å². The quantitative estimate of drug-likeness (QED) is 0.237. The van der Waals surface area contributed by atoms with Gasteiger partial charge in [-0.1, -0.05) is 0 Å². The Morgan fingerprint density at radius 2 is 1.52 bits per heavy atom. The first kappa shape index (κ1) is 31.2. The molecule has 0 saturated heterocycles. The molecule has 0 spiro atoms. The molecule has 7 rings (SSSR count). The molecule has 0 saturated carbocycles. The second-order valence-electron chi connectivity index (χ2n) is 11.9. The Bertz CT molecular complexity index is 1810. The molecule has 4 heteroatoms. The van der Waals surface area contributed by atoms with Crippen LogP contribution in [0.15, 0.2) is 103 Å². The molecule has 2 unspecified atom stereocenters. The summed E-state index contributed by atoms with van der Waals surface area (Å²) in [4.78, 5) is 0. The smallest absolute Gasteiger partial charge is 1.00 e. The molecule has 210 valence electrons. The molecule has 0 radical (unpaired) electrons. The molecule has 0 amide bonds. The van der Waals surface area contributed by atoms with Gasteiger partial charge < -0.3 is 24.8 Å². The van der Waals surface area contributed by atoms with E-state index in [2.05, 4.69) is 130 Å². The van der Waals surface area contributed by atoms with Gasteiger partial charge in [0.25, 0.3) is 0 Å². The summed E-state index contributed by atoms with van der Waals surface area (Å²) in [6, 6.07) is 37.0. The minimum absolute atomic E-state index is 0. The Balaban J connectivity index is 0.00000176. The predicted octanol–water partition coefficient (Wildman–Crippen LogP) is 3.35. The number of fused-ring (bicyclic) bond motifs is 5. The zero-order chi connectivity index (χ0) is 27.4. The fourth-order valence-electron chi connectivity index (χ4n) is 7.02. The summed E-state index contributed by atoms with van der Waals surface area (Å²) < 4.78 is 1.76. The third-order valence-corrected chi connectivity index (χ3v) is 17.6. The van der Waals surface area contributed by atoms with Crippen LogP contribution < -0.4 is 28.1 Å². The number of hydrogen-bond donors (Lipinski definition) is 0. The van der Waals surface area contributed by atoms with E-state index in [9.17, 15) is 0 Å². The van der Waals surface area contributed by atoms with Gasteiger partial charge in [-0.3, -0.25) is 0 Å². The monoisotopic (exact) mass is 680 g/mol. The van der Waals surface area contributed by atoms with Gasteiger partial charge in [-0.2, -0.15) is 0 Å². The molecule has 0 bridgehead atoms. The van der Waals surface area contributed by atoms with Crippen molar-refractivity contribution < 1.29 is 47.2 Å². The third-order valence-electron chi connectivity index (χ3n) is 9.10. The maximum Gasteiger partial charge on any atom is -1.00 e. The summed E-state index contributed by atoms with van der Waals surface area (Å²) in [5, 5.41) is 2.62.